The van der Waals surface area contributed by atoms with Crippen LogP contribution >= 0.6 is 0 Å². The van der Waals surface area contributed by atoms with E-state index in [1.54, 1.807) is 13.8 Å². The van der Waals surface area contributed by atoms with E-state index >= 15 is 0 Å². The van der Waals surface area contributed by atoms with Crippen LogP contribution in [-0.2, 0) is 9.53 Å². The summed E-state index contributed by atoms with van der Waals surface area (Å²) >= 11 is 0. The number of carbonyl (C=O) groups is 1. The maximum Gasteiger partial charge on any atom is 0.305 e. The minimum Gasteiger partial charge on any atom is -0.487 e. The summed E-state index contributed by atoms with van der Waals surface area (Å²) in [5.41, 5.74) is 0. The van der Waals surface area contributed by atoms with Gasteiger partial charge in [-0.1, -0.05) is 6.92 Å². The molecule has 0 fully saturated rings. The average molecular weight is 226 g/mol. The monoisotopic (exact) mass is 226 g/mol. The van der Waals surface area contributed by atoms with Crippen molar-refractivity contribution in [3.63, 3.8) is 0 Å². The molecular formula is C12H15FO3. The van der Waals surface area contributed by atoms with Crippen LogP contribution in [0.15, 0.2) is 24.3 Å². The van der Waals surface area contributed by atoms with Crippen molar-refractivity contribution in [2.24, 2.45) is 0 Å². The zero-order chi connectivity index (χ0) is 12.0. The lowest BCUT2D eigenvalue weighted by Gasteiger charge is -2.14. The van der Waals surface area contributed by atoms with Crippen molar-refractivity contribution in [1.29, 1.82) is 0 Å². The van der Waals surface area contributed by atoms with Gasteiger partial charge in [0, 0.05) is 6.42 Å². The Hall–Kier alpha value is -1.58. The molecule has 1 unspecified atom stereocenters. The molecule has 0 heterocycles. The molecule has 4 heteroatoms. The fraction of sp³-hybridized carbons (Fsp3) is 0.417. The zero-order valence-electron chi connectivity index (χ0n) is 9.40. The summed E-state index contributed by atoms with van der Waals surface area (Å²) in [7, 11) is 0. The Morgan fingerprint density at radius 2 is 2.00 bits per heavy atom. The first kappa shape index (κ1) is 12.5. The molecule has 0 spiro atoms. The van der Waals surface area contributed by atoms with Crippen LogP contribution in [-0.4, -0.2) is 18.7 Å². The highest BCUT2D eigenvalue weighted by Crippen LogP contribution is 2.13. The summed E-state index contributed by atoms with van der Waals surface area (Å²) in [4.78, 5) is 10.9. The Bertz CT molecular complexity index is 335. The van der Waals surface area contributed by atoms with Crippen molar-refractivity contribution in [3.8, 4) is 5.75 Å². The van der Waals surface area contributed by atoms with Crippen molar-refractivity contribution in [3.05, 3.63) is 30.1 Å². The molecular weight excluding hydrogens is 211 g/mol. The van der Waals surface area contributed by atoms with Gasteiger partial charge in [0.15, 0.2) is 0 Å². The zero-order valence-corrected chi connectivity index (χ0v) is 9.40. The number of halogens is 1. The number of esters is 1. The van der Waals surface area contributed by atoms with Crippen LogP contribution in [0.4, 0.5) is 4.39 Å². The predicted molar refractivity (Wildman–Crippen MR) is 57.7 cm³/mol. The minimum atomic E-state index is -0.308. The molecule has 0 aliphatic rings. The fourth-order valence-electron chi connectivity index (χ4n) is 1.09. The molecule has 0 saturated carbocycles. The first-order valence-corrected chi connectivity index (χ1v) is 5.19. The number of benzene rings is 1. The summed E-state index contributed by atoms with van der Waals surface area (Å²) in [6.45, 7) is 3.71. The Morgan fingerprint density at radius 3 is 2.56 bits per heavy atom. The summed E-state index contributed by atoms with van der Waals surface area (Å²) in [5, 5.41) is 0. The second-order valence-corrected chi connectivity index (χ2v) is 3.42. The Kier molecular flexibility index (Phi) is 4.76. The smallest absolute Gasteiger partial charge is 0.305 e. The largest absolute Gasteiger partial charge is 0.487 e. The second kappa shape index (κ2) is 6.10. The van der Waals surface area contributed by atoms with Crippen LogP contribution < -0.4 is 4.74 Å². The van der Waals surface area contributed by atoms with Gasteiger partial charge in [-0.25, -0.2) is 4.39 Å². The van der Waals surface area contributed by atoms with E-state index < -0.39 is 0 Å². The molecule has 1 aromatic carbocycles. The van der Waals surface area contributed by atoms with Crippen molar-refractivity contribution in [2.75, 3.05) is 6.61 Å². The molecule has 1 rings (SSSR count). The topological polar surface area (TPSA) is 35.5 Å². The van der Waals surface area contributed by atoms with Gasteiger partial charge in [0.25, 0.3) is 0 Å². The molecule has 16 heavy (non-hydrogen) atoms. The van der Waals surface area contributed by atoms with Crippen LogP contribution in [0.2, 0.25) is 0 Å². The van der Waals surface area contributed by atoms with Gasteiger partial charge in [-0.3, -0.25) is 4.79 Å². The van der Waals surface area contributed by atoms with Gasteiger partial charge < -0.3 is 9.47 Å². The summed E-state index contributed by atoms with van der Waals surface area (Å²) < 4.78 is 22.9. The van der Waals surface area contributed by atoms with Crippen LogP contribution in [0.5, 0.6) is 5.75 Å². The highest BCUT2D eigenvalue weighted by atomic mass is 19.1. The Labute approximate surface area is 94.2 Å². The van der Waals surface area contributed by atoms with E-state index in [1.807, 2.05) is 0 Å². The molecule has 0 aliphatic heterocycles. The lowest BCUT2D eigenvalue weighted by Crippen LogP contribution is -2.21. The van der Waals surface area contributed by atoms with Gasteiger partial charge in [-0.15, -0.1) is 0 Å². The molecule has 1 aromatic rings. The lowest BCUT2D eigenvalue weighted by molar-refractivity contribution is -0.145. The normalized spacial score (nSPS) is 11.9. The van der Waals surface area contributed by atoms with Crippen LogP contribution in [0.25, 0.3) is 0 Å². The molecule has 0 N–H and O–H groups in total. The highest BCUT2D eigenvalue weighted by Gasteiger charge is 2.07. The van der Waals surface area contributed by atoms with E-state index in [2.05, 4.69) is 0 Å². The van der Waals surface area contributed by atoms with E-state index in [-0.39, 0.29) is 24.5 Å². The fourth-order valence-corrected chi connectivity index (χ4v) is 1.09. The van der Waals surface area contributed by atoms with Gasteiger partial charge in [0.1, 0.15) is 24.3 Å². The maximum atomic E-state index is 12.6. The van der Waals surface area contributed by atoms with Crippen molar-refractivity contribution in [2.45, 2.75) is 26.4 Å². The van der Waals surface area contributed by atoms with Gasteiger partial charge in [-0.2, -0.15) is 0 Å². The van der Waals surface area contributed by atoms with Crippen molar-refractivity contribution in [1.82, 2.24) is 0 Å². The summed E-state index contributed by atoms with van der Waals surface area (Å²) in [6, 6.07) is 5.71. The average Bonchev–Trinajstić information content (AvgIpc) is 2.29. The van der Waals surface area contributed by atoms with Gasteiger partial charge in [0.2, 0.25) is 0 Å². The molecule has 0 radical (unpaired) electrons. The van der Waals surface area contributed by atoms with Gasteiger partial charge in [-0.05, 0) is 31.2 Å². The molecule has 88 valence electrons. The third kappa shape index (κ3) is 4.29. The molecule has 0 amide bonds. The number of hydrogen-bond donors (Lipinski definition) is 0. The Balaban J connectivity index is 2.36. The van der Waals surface area contributed by atoms with E-state index in [0.717, 1.165) is 0 Å². The third-order valence-electron chi connectivity index (χ3n) is 1.92. The minimum absolute atomic E-state index is 0.198. The summed E-state index contributed by atoms with van der Waals surface area (Å²) in [6.07, 6.45) is 0.101. The van der Waals surface area contributed by atoms with Gasteiger partial charge >= 0.3 is 5.97 Å². The van der Waals surface area contributed by atoms with E-state index in [4.69, 9.17) is 9.47 Å². The Morgan fingerprint density at radius 1 is 1.38 bits per heavy atom. The molecule has 1 atom stereocenters. The van der Waals surface area contributed by atoms with Crippen LogP contribution in [0.3, 0.4) is 0 Å². The third-order valence-corrected chi connectivity index (χ3v) is 1.92. The van der Waals surface area contributed by atoms with Crippen molar-refractivity contribution >= 4 is 5.97 Å². The lowest BCUT2D eigenvalue weighted by atomic mass is 10.3. The molecule has 0 aromatic heterocycles. The summed E-state index contributed by atoms with van der Waals surface area (Å²) in [5.74, 6) is -0.00610. The quantitative estimate of drug-likeness (QED) is 0.724. The maximum absolute atomic E-state index is 12.6. The SMILES string of the molecule is CCC(=O)OCC(C)Oc1ccc(F)cc1. The van der Waals surface area contributed by atoms with Crippen LogP contribution in [0, 0.1) is 5.82 Å². The van der Waals surface area contributed by atoms with Crippen LogP contribution in [0.1, 0.15) is 20.3 Å². The molecule has 3 nitrogen and oxygen atoms in total. The highest BCUT2D eigenvalue weighted by molar-refractivity contribution is 5.68. The first-order valence-electron chi connectivity index (χ1n) is 5.19. The molecule has 0 aliphatic carbocycles. The van der Waals surface area contributed by atoms with E-state index in [0.29, 0.717) is 12.2 Å². The van der Waals surface area contributed by atoms with E-state index in [9.17, 15) is 9.18 Å². The number of hydrogen-bond acceptors (Lipinski definition) is 3. The number of carbonyl (C=O) groups excluding carboxylic acids is 1. The standard InChI is InChI=1S/C12H15FO3/c1-3-12(14)15-8-9(2)16-11-6-4-10(13)5-7-11/h4-7,9H,3,8H2,1-2H3. The van der Waals surface area contributed by atoms with E-state index in [1.165, 1.54) is 24.3 Å². The van der Waals surface area contributed by atoms with Crippen molar-refractivity contribution < 1.29 is 18.7 Å². The molecule has 0 saturated heterocycles. The second-order valence-electron chi connectivity index (χ2n) is 3.42. The predicted octanol–water partition coefficient (Wildman–Crippen LogP) is 2.55. The number of ether oxygens (including phenoxy) is 2. The first-order chi connectivity index (χ1) is 7.61. The number of rotatable bonds is 5. The van der Waals surface area contributed by atoms with Gasteiger partial charge in [0.05, 0.1) is 0 Å². The molecule has 0 bridgehead atoms.